The average Bonchev–Trinajstić information content (AvgIpc) is 3.02. The lowest BCUT2D eigenvalue weighted by Gasteiger charge is -2.29. The molecule has 108 valence electrons. The molecule has 2 N–H and O–H groups in total. The zero-order chi connectivity index (χ0) is 13.7. The fourth-order valence-electron chi connectivity index (χ4n) is 4.10. The highest BCUT2D eigenvalue weighted by molar-refractivity contribution is 5.68. The molecule has 0 aliphatic heterocycles. The van der Waals surface area contributed by atoms with Crippen molar-refractivity contribution in [3.05, 3.63) is 12.2 Å². The van der Waals surface area contributed by atoms with Crippen LogP contribution in [0.4, 0.5) is 0 Å². The maximum atomic E-state index is 11.0. The van der Waals surface area contributed by atoms with Crippen molar-refractivity contribution in [1.82, 2.24) is 0 Å². The fourth-order valence-corrected chi connectivity index (χ4v) is 4.10. The van der Waals surface area contributed by atoms with E-state index in [2.05, 4.69) is 16.9 Å². The second-order valence-corrected chi connectivity index (χ2v) is 6.07. The Morgan fingerprint density at radius 3 is 2.68 bits per heavy atom. The molecule has 0 aromatic rings. The number of carbonyl (C=O) groups is 1. The van der Waals surface area contributed by atoms with Crippen LogP contribution >= 0.6 is 0 Å². The molecule has 0 heterocycles. The standard InChI is InChI=1S/C16H27NO2/c1-19-16(18)7-5-3-2-4-6-14-12-8-9-13(10-12)15(14)11-17/h2,4,12-15H,3,5-11,17H2,1H3. The predicted octanol–water partition coefficient (Wildman–Crippen LogP) is 2.90. The van der Waals surface area contributed by atoms with Crippen molar-refractivity contribution in [2.75, 3.05) is 13.7 Å². The Balaban J connectivity index is 1.66. The highest BCUT2D eigenvalue weighted by Crippen LogP contribution is 2.53. The first-order chi connectivity index (χ1) is 9.26. The van der Waals surface area contributed by atoms with Gasteiger partial charge in [0.15, 0.2) is 0 Å². The Kier molecular flexibility index (Phi) is 5.44. The fraction of sp³-hybridized carbons (Fsp3) is 0.812. The zero-order valence-electron chi connectivity index (χ0n) is 12.0. The molecule has 19 heavy (non-hydrogen) atoms. The van der Waals surface area contributed by atoms with E-state index in [0.717, 1.165) is 43.1 Å². The molecule has 4 atom stereocenters. The van der Waals surface area contributed by atoms with Gasteiger partial charge in [-0.1, -0.05) is 12.2 Å². The third-order valence-corrected chi connectivity index (χ3v) is 5.10. The summed E-state index contributed by atoms with van der Waals surface area (Å²) in [5.74, 6) is 3.31. The van der Waals surface area contributed by atoms with Crippen molar-refractivity contribution in [2.24, 2.45) is 29.4 Å². The van der Waals surface area contributed by atoms with Crippen molar-refractivity contribution in [1.29, 1.82) is 0 Å². The molecule has 3 heteroatoms. The minimum atomic E-state index is -0.107. The predicted molar refractivity (Wildman–Crippen MR) is 76.5 cm³/mol. The second-order valence-electron chi connectivity index (χ2n) is 6.07. The van der Waals surface area contributed by atoms with Crippen LogP contribution in [0.25, 0.3) is 0 Å². The zero-order valence-corrected chi connectivity index (χ0v) is 12.0. The van der Waals surface area contributed by atoms with E-state index in [-0.39, 0.29) is 5.97 Å². The largest absolute Gasteiger partial charge is 0.469 e. The summed E-state index contributed by atoms with van der Waals surface area (Å²) in [5.41, 5.74) is 5.94. The molecule has 2 fully saturated rings. The summed E-state index contributed by atoms with van der Waals surface area (Å²) >= 11 is 0. The SMILES string of the molecule is COC(=O)CCCC=CCC1C2CCC(C2)C1CN. The van der Waals surface area contributed by atoms with Crippen LogP contribution in [0.1, 0.15) is 44.9 Å². The van der Waals surface area contributed by atoms with Gasteiger partial charge >= 0.3 is 5.97 Å². The number of ether oxygens (including phenoxy) is 1. The Morgan fingerprint density at radius 1 is 1.26 bits per heavy atom. The normalized spacial score (nSPS) is 33.2. The van der Waals surface area contributed by atoms with Crippen LogP contribution in [0.2, 0.25) is 0 Å². The van der Waals surface area contributed by atoms with E-state index in [0.29, 0.717) is 6.42 Å². The molecular weight excluding hydrogens is 238 g/mol. The van der Waals surface area contributed by atoms with Gasteiger partial charge in [0.2, 0.25) is 0 Å². The third kappa shape index (κ3) is 3.59. The quantitative estimate of drug-likeness (QED) is 0.437. The molecule has 0 saturated heterocycles. The van der Waals surface area contributed by atoms with Gasteiger partial charge in [0, 0.05) is 6.42 Å². The summed E-state index contributed by atoms with van der Waals surface area (Å²) in [6, 6.07) is 0. The Bertz CT molecular complexity index is 327. The summed E-state index contributed by atoms with van der Waals surface area (Å²) < 4.78 is 4.62. The number of esters is 1. The molecule has 2 aliphatic rings. The summed E-state index contributed by atoms with van der Waals surface area (Å²) in [5, 5.41) is 0. The smallest absolute Gasteiger partial charge is 0.305 e. The first-order valence-corrected chi connectivity index (χ1v) is 7.68. The Morgan fingerprint density at radius 2 is 2.00 bits per heavy atom. The summed E-state index contributed by atoms with van der Waals surface area (Å²) in [7, 11) is 1.44. The van der Waals surface area contributed by atoms with Crippen LogP contribution < -0.4 is 5.73 Å². The van der Waals surface area contributed by atoms with Crippen molar-refractivity contribution in [3.63, 3.8) is 0 Å². The molecule has 2 saturated carbocycles. The molecule has 2 bridgehead atoms. The molecule has 2 aliphatic carbocycles. The topological polar surface area (TPSA) is 52.3 Å². The maximum Gasteiger partial charge on any atom is 0.305 e. The molecule has 4 unspecified atom stereocenters. The van der Waals surface area contributed by atoms with E-state index in [4.69, 9.17) is 5.73 Å². The number of fused-ring (bicyclic) bond motifs is 2. The first-order valence-electron chi connectivity index (χ1n) is 7.68. The number of carbonyl (C=O) groups excluding carboxylic acids is 1. The minimum absolute atomic E-state index is 0.107. The van der Waals surface area contributed by atoms with Gasteiger partial charge in [-0.3, -0.25) is 4.79 Å². The third-order valence-electron chi connectivity index (χ3n) is 5.10. The monoisotopic (exact) mass is 265 g/mol. The molecule has 3 nitrogen and oxygen atoms in total. The number of methoxy groups -OCH3 is 1. The van der Waals surface area contributed by atoms with E-state index in [1.54, 1.807) is 0 Å². The van der Waals surface area contributed by atoms with E-state index in [1.165, 1.54) is 32.8 Å². The summed E-state index contributed by atoms with van der Waals surface area (Å²) in [6.45, 7) is 0.863. The van der Waals surface area contributed by atoms with Crippen LogP contribution in [-0.2, 0) is 9.53 Å². The number of hydrogen-bond acceptors (Lipinski definition) is 3. The lowest BCUT2D eigenvalue weighted by Crippen LogP contribution is -2.28. The van der Waals surface area contributed by atoms with Crippen LogP contribution in [0, 0.1) is 23.7 Å². The number of unbranched alkanes of at least 4 members (excludes halogenated alkanes) is 1. The van der Waals surface area contributed by atoms with Gasteiger partial charge in [0.25, 0.3) is 0 Å². The molecule has 2 rings (SSSR count). The van der Waals surface area contributed by atoms with Gasteiger partial charge < -0.3 is 10.5 Å². The van der Waals surface area contributed by atoms with Crippen LogP contribution in [0.3, 0.4) is 0 Å². The maximum absolute atomic E-state index is 11.0. The Hall–Kier alpha value is -0.830. The molecule has 0 aromatic heterocycles. The molecule has 0 radical (unpaired) electrons. The number of hydrogen-bond donors (Lipinski definition) is 1. The highest BCUT2D eigenvalue weighted by Gasteiger charge is 2.45. The van der Waals surface area contributed by atoms with Crippen molar-refractivity contribution in [3.8, 4) is 0 Å². The first kappa shape index (κ1) is 14.6. The van der Waals surface area contributed by atoms with E-state index < -0.39 is 0 Å². The number of rotatable bonds is 7. The van der Waals surface area contributed by atoms with Crippen molar-refractivity contribution >= 4 is 5.97 Å². The molecular formula is C16H27NO2. The lowest BCUT2D eigenvalue weighted by atomic mass is 9.77. The molecule has 0 amide bonds. The number of allylic oxidation sites excluding steroid dienone is 2. The van der Waals surface area contributed by atoms with E-state index in [9.17, 15) is 4.79 Å². The van der Waals surface area contributed by atoms with E-state index >= 15 is 0 Å². The molecule has 0 spiro atoms. The second kappa shape index (κ2) is 7.09. The highest BCUT2D eigenvalue weighted by atomic mass is 16.5. The Labute approximate surface area is 116 Å². The van der Waals surface area contributed by atoms with Gasteiger partial charge in [-0.2, -0.15) is 0 Å². The van der Waals surface area contributed by atoms with E-state index in [1.807, 2.05) is 0 Å². The molecule has 0 aromatic carbocycles. The van der Waals surface area contributed by atoms with Gasteiger partial charge in [0.05, 0.1) is 7.11 Å². The van der Waals surface area contributed by atoms with Gasteiger partial charge in [0.1, 0.15) is 0 Å². The van der Waals surface area contributed by atoms with Gasteiger partial charge in [-0.05, 0) is 68.7 Å². The van der Waals surface area contributed by atoms with Crippen molar-refractivity contribution in [2.45, 2.75) is 44.9 Å². The van der Waals surface area contributed by atoms with Gasteiger partial charge in [-0.25, -0.2) is 0 Å². The van der Waals surface area contributed by atoms with Crippen LogP contribution in [-0.4, -0.2) is 19.6 Å². The van der Waals surface area contributed by atoms with Crippen molar-refractivity contribution < 1.29 is 9.53 Å². The summed E-state index contributed by atoms with van der Waals surface area (Å²) in [4.78, 5) is 11.0. The average molecular weight is 265 g/mol. The van der Waals surface area contributed by atoms with Gasteiger partial charge in [-0.15, -0.1) is 0 Å². The summed E-state index contributed by atoms with van der Waals surface area (Å²) in [6.07, 6.45) is 12.4. The van der Waals surface area contributed by atoms with Crippen LogP contribution in [0.15, 0.2) is 12.2 Å². The minimum Gasteiger partial charge on any atom is -0.469 e. The van der Waals surface area contributed by atoms with Crippen LogP contribution in [0.5, 0.6) is 0 Å². The number of nitrogens with two attached hydrogens (primary N) is 1. The lowest BCUT2D eigenvalue weighted by molar-refractivity contribution is -0.140.